The van der Waals surface area contributed by atoms with Gasteiger partial charge in [-0.1, -0.05) is 40.9 Å². The van der Waals surface area contributed by atoms with Gasteiger partial charge < -0.3 is 9.67 Å². The molecule has 1 aromatic heterocycles. The molecule has 0 spiro atoms. The molecule has 0 unspecified atom stereocenters. The fourth-order valence-corrected chi connectivity index (χ4v) is 3.16. The zero-order valence-electron chi connectivity index (χ0n) is 11.8. The molecule has 0 aliphatic carbocycles. The summed E-state index contributed by atoms with van der Waals surface area (Å²) >= 11 is 18.4. The van der Waals surface area contributed by atoms with E-state index in [0.717, 1.165) is 0 Å². The van der Waals surface area contributed by atoms with Gasteiger partial charge >= 0.3 is 5.97 Å². The van der Waals surface area contributed by atoms with Gasteiger partial charge in [-0.3, -0.25) is 4.79 Å². The van der Waals surface area contributed by atoms with Gasteiger partial charge in [0, 0.05) is 21.5 Å². The van der Waals surface area contributed by atoms with E-state index in [1.54, 1.807) is 41.0 Å². The van der Waals surface area contributed by atoms with Gasteiger partial charge in [0.25, 0.3) is 0 Å². The number of aromatic nitrogens is 2. The number of halogens is 3. The van der Waals surface area contributed by atoms with Crippen LogP contribution in [-0.2, 0) is 17.8 Å². The Hall–Kier alpha value is -1.75. The minimum Gasteiger partial charge on any atom is -0.480 e. The lowest BCUT2D eigenvalue weighted by Crippen LogP contribution is -2.12. The van der Waals surface area contributed by atoms with Gasteiger partial charge in [0.05, 0.1) is 11.0 Å². The molecular formula is C16H11Cl3N2O2. The molecule has 0 atom stereocenters. The molecule has 0 aliphatic heterocycles. The number of rotatable bonds is 4. The maximum Gasteiger partial charge on any atom is 0.323 e. The molecule has 23 heavy (non-hydrogen) atoms. The number of imidazole rings is 1. The Bertz CT molecular complexity index is 885. The first-order valence-corrected chi connectivity index (χ1v) is 7.88. The van der Waals surface area contributed by atoms with Crippen LogP contribution in [0.3, 0.4) is 0 Å². The van der Waals surface area contributed by atoms with Crippen LogP contribution < -0.4 is 0 Å². The molecule has 7 heteroatoms. The van der Waals surface area contributed by atoms with Gasteiger partial charge in [-0.2, -0.15) is 0 Å². The van der Waals surface area contributed by atoms with E-state index in [1.165, 1.54) is 0 Å². The van der Waals surface area contributed by atoms with E-state index in [9.17, 15) is 9.90 Å². The summed E-state index contributed by atoms with van der Waals surface area (Å²) in [5.74, 6) is -0.384. The molecule has 1 heterocycles. The lowest BCUT2D eigenvalue weighted by Gasteiger charge is -2.09. The Morgan fingerprint density at radius 3 is 2.48 bits per heavy atom. The maximum absolute atomic E-state index is 11.2. The molecule has 0 radical (unpaired) electrons. The molecule has 4 nitrogen and oxygen atoms in total. The lowest BCUT2D eigenvalue weighted by atomic mass is 10.1. The van der Waals surface area contributed by atoms with Crippen molar-refractivity contribution in [2.24, 2.45) is 0 Å². The topological polar surface area (TPSA) is 55.1 Å². The van der Waals surface area contributed by atoms with E-state index in [1.807, 2.05) is 0 Å². The van der Waals surface area contributed by atoms with Gasteiger partial charge in [0.15, 0.2) is 0 Å². The third kappa shape index (κ3) is 3.29. The number of hydrogen-bond donors (Lipinski definition) is 1. The average Bonchev–Trinajstić information content (AvgIpc) is 2.79. The molecule has 0 aliphatic rings. The largest absolute Gasteiger partial charge is 0.480 e. The molecule has 0 fully saturated rings. The smallest absolute Gasteiger partial charge is 0.323 e. The third-order valence-electron chi connectivity index (χ3n) is 3.48. The molecule has 0 amide bonds. The summed E-state index contributed by atoms with van der Waals surface area (Å²) < 4.78 is 1.63. The number of carbonyl (C=O) groups is 1. The third-order valence-corrected chi connectivity index (χ3v) is 4.42. The van der Waals surface area contributed by atoms with Crippen LogP contribution in [0, 0.1) is 0 Å². The number of carboxylic acids is 1. The second-order valence-corrected chi connectivity index (χ2v) is 6.27. The monoisotopic (exact) mass is 368 g/mol. The van der Waals surface area contributed by atoms with Crippen LogP contribution in [0.1, 0.15) is 11.4 Å². The van der Waals surface area contributed by atoms with E-state index in [2.05, 4.69) is 4.98 Å². The number of benzene rings is 2. The second kappa shape index (κ2) is 6.40. The van der Waals surface area contributed by atoms with Crippen molar-refractivity contribution in [3.63, 3.8) is 0 Å². The minimum atomic E-state index is -0.953. The Labute approximate surface area is 147 Å². The van der Waals surface area contributed by atoms with Crippen molar-refractivity contribution >= 4 is 51.8 Å². The number of nitrogens with zero attached hydrogens (tertiary/aromatic N) is 2. The van der Waals surface area contributed by atoms with Crippen LogP contribution in [-0.4, -0.2) is 20.6 Å². The first-order valence-electron chi connectivity index (χ1n) is 6.75. The van der Waals surface area contributed by atoms with Crippen molar-refractivity contribution < 1.29 is 9.90 Å². The van der Waals surface area contributed by atoms with Crippen molar-refractivity contribution in [3.8, 4) is 0 Å². The summed E-state index contributed by atoms with van der Waals surface area (Å²) in [5.41, 5.74) is 2.05. The number of fused-ring (bicyclic) bond motifs is 1. The summed E-state index contributed by atoms with van der Waals surface area (Å²) in [4.78, 5) is 15.7. The van der Waals surface area contributed by atoms with E-state index < -0.39 is 5.97 Å². The quantitative estimate of drug-likeness (QED) is 0.727. The second-order valence-electron chi connectivity index (χ2n) is 5.02. The van der Waals surface area contributed by atoms with Crippen molar-refractivity contribution in [3.05, 3.63) is 62.9 Å². The summed E-state index contributed by atoms with van der Waals surface area (Å²) in [6, 6.07) is 10.4. The van der Waals surface area contributed by atoms with Crippen LogP contribution in [0.4, 0.5) is 0 Å². The zero-order chi connectivity index (χ0) is 16.6. The van der Waals surface area contributed by atoms with E-state index >= 15 is 0 Å². The fraction of sp³-hybridized carbons (Fsp3) is 0.125. The van der Waals surface area contributed by atoms with Gasteiger partial charge in [-0.15, -0.1) is 0 Å². The highest BCUT2D eigenvalue weighted by atomic mass is 35.5. The van der Waals surface area contributed by atoms with Crippen molar-refractivity contribution in [1.82, 2.24) is 9.55 Å². The predicted octanol–water partition coefficient (Wildman–Crippen LogP) is 4.67. The molecule has 0 bridgehead atoms. The Balaban J connectivity index is 2.14. The molecule has 2 aromatic carbocycles. The van der Waals surface area contributed by atoms with Crippen LogP contribution >= 0.6 is 34.8 Å². The van der Waals surface area contributed by atoms with E-state index in [4.69, 9.17) is 34.8 Å². The zero-order valence-corrected chi connectivity index (χ0v) is 14.0. The Morgan fingerprint density at radius 2 is 1.83 bits per heavy atom. The van der Waals surface area contributed by atoms with Gasteiger partial charge in [-0.05, 0) is 35.9 Å². The highest BCUT2D eigenvalue weighted by Gasteiger charge is 2.16. The first-order chi connectivity index (χ1) is 11.0. The van der Waals surface area contributed by atoms with Crippen molar-refractivity contribution in [1.29, 1.82) is 0 Å². The molecule has 3 rings (SSSR count). The molecular weight excluding hydrogens is 359 g/mol. The molecule has 1 N–H and O–H groups in total. The predicted molar refractivity (Wildman–Crippen MR) is 91.6 cm³/mol. The van der Waals surface area contributed by atoms with E-state index in [-0.39, 0.29) is 6.54 Å². The molecule has 0 saturated heterocycles. The highest BCUT2D eigenvalue weighted by molar-refractivity contribution is 6.36. The lowest BCUT2D eigenvalue weighted by molar-refractivity contribution is -0.137. The summed E-state index contributed by atoms with van der Waals surface area (Å²) in [5, 5.41) is 10.7. The van der Waals surface area contributed by atoms with Crippen molar-refractivity contribution in [2.45, 2.75) is 13.0 Å². The maximum atomic E-state index is 11.2. The van der Waals surface area contributed by atoms with Crippen LogP contribution in [0.5, 0.6) is 0 Å². The highest BCUT2D eigenvalue weighted by Crippen LogP contribution is 2.28. The van der Waals surface area contributed by atoms with Gasteiger partial charge in [-0.25, -0.2) is 4.98 Å². The Morgan fingerprint density at radius 1 is 1.13 bits per heavy atom. The summed E-state index contributed by atoms with van der Waals surface area (Å²) in [6.45, 7) is -0.199. The van der Waals surface area contributed by atoms with Crippen LogP contribution in [0.25, 0.3) is 11.0 Å². The normalized spacial score (nSPS) is 11.1. The number of aliphatic carboxylic acids is 1. The van der Waals surface area contributed by atoms with Crippen LogP contribution in [0.2, 0.25) is 15.1 Å². The van der Waals surface area contributed by atoms with Crippen LogP contribution in [0.15, 0.2) is 36.4 Å². The van der Waals surface area contributed by atoms with Crippen molar-refractivity contribution in [2.75, 3.05) is 0 Å². The minimum absolute atomic E-state index is 0.199. The fourth-order valence-electron chi connectivity index (χ4n) is 2.46. The summed E-state index contributed by atoms with van der Waals surface area (Å²) in [6.07, 6.45) is 0.331. The molecule has 0 saturated carbocycles. The Kier molecular flexibility index (Phi) is 4.48. The standard InChI is InChI=1S/C16H11Cl3N2O2/c17-9-4-5-14-13(6-9)20-15(21(14)8-16(22)23)7-10-11(18)2-1-3-12(10)19/h1-6H,7-8H2,(H,22,23). The molecule has 118 valence electrons. The number of hydrogen-bond acceptors (Lipinski definition) is 2. The first kappa shape index (κ1) is 16.1. The number of carboxylic acid groups (broad SMARTS) is 1. The SMILES string of the molecule is O=C(O)Cn1c(Cc2c(Cl)cccc2Cl)nc2cc(Cl)ccc21. The summed E-state index contributed by atoms with van der Waals surface area (Å²) in [7, 11) is 0. The van der Waals surface area contributed by atoms with E-state index in [0.29, 0.717) is 43.9 Å². The van der Waals surface area contributed by atoms with Gasteiger partial charge in [0.2, 0.25) is 0 Å². The average molecular weight is 370 g/mol. The molecule has 3 aromatic rings. The van der Waals surface area contributed by atoms with Gasteiger partial charge in [0.1, 0.15) is 12.4 Å².